The minimum absolute atomic E-state index is 0.0150. The van der Waals surface area contributed by atoms with Crippen LogP contribution >= 0.6 is 0 Å². The highest BCUT2D eigenvalue weighted by molar-refractivity contribution is 5.91. The fourth-order valence-corrected chi connectivity index (χ4v) is 6.02. The van der Waals surface area contributed by atoms with Gasteiger partial charge < -0.3 is 29.4 Å². The number of hydrogen-bond acceptors (Lipinski definition) is 10. The summed E-state index contributed by atoms with van der Waals surface area (Å²) in [6, 6.07) is 10.8. The van der Waals surface area contributed by atoms with Crippen molar-refractivity contribution in [3.8, 4) is 11.3 Å². The Morgan fingerprint density at radius 2 is 1.83 bits per heavy atom. The number of nitrogens with two attached hydrogens (primary N) is 1. The molecule has 1 saturated carbocycles. The molecule has 2 unspecified atom stereocenters. The van der Waals surface area contributed by atoms with Crippen molar-refractivity contribution in [1.29, 1.82) is 0 Å². The summed E-state index contributed by atoms with van der Waals surface area (Å²) in [7, 11) is 0. The normalized spacial score (nSPS) is 24.8. The summed E-state index contributed by atoms with van der Waals surface area (Å²) in [6.45, 7) is 3.80. The molecule has 4 aromatic rings. The third-order valence-electron chi connectivity index (χ3n) is 8.05. The molecule has 1 aliphatic carbocycles. The van der Waals surface area contributed by atoms with Gasteiger partial charge in [0.15, 0.2) is 11.2 Å². The highest BCUT2D eigenvalue weighted by atomic mass is 16.5. The summed E-state index contributed by atoms with van der Waals surface area (Å²) < 4.78 is 17.4. The van der Waals surface area contributed by atoms with E-state index in [-0.39, 0.29) is 11.6 Å². The molecule has 0 radical (unpaired) electrons. The number of nitrogens with zero attached hydrogens (tertiary/aromatic N) is 6. The van der Waals surface area contributed by atoms with Crippen molar-refractivity contribution < 1.29 is 13.9 Å². The SMILES string of the molecule is Nc1nc2cc(-c3ccc4c(N5C6CCC5COC6)nc(N5CCOC6(CC6)C5)nc4n3)ccc2o1. The molecule has 4 fully saturated rings. The van der Waals surface area contributed by atoms with Crippen LogP contribution in [0.25, 0.3) is 33.4 Å². The van der Waals surface area contributed by atoms with Gasteiger partial charge in [-0.3, -0.25) is 0 Å². The Bertz CT molecular complexity index is 1480. The molecule has 3 saturated heterocycles. The van der Waals surface area contributed by atoms with E-state index >= 15 is 0 Å². The van der Waals surface area contributed by atoms with Gasteiger partial charge in [0.25, 0.3) is 6.01 Å². The largest absolute Gasteiger partial charge is 0.424 e. The fourth-order valence-electron chi connectivity index (χ4n) is 6.02. The van der Waals surface area contributed by atoms with Gasteiger partial charge in [0, 0.05) is 18.7 Å². The van der Waals surface area contributed by atoms with Gasteiger partial charge in [-0.15, -0.1) is 0 Å². The molecule has 0 amide bonds. The standard InChI is InChI=1S/C26H27N7O3/c27-24-29-20-11-15(1-6-21(20)36-24)19-5-4-18-22(28-19)30-25(32-9-10-35-26(14-32)7-8-26)31-23(18)33-16-2-3-17(33)13-34-12-16/h1,4-6,11,16-17H,2-3,7-10,12-14H2,(H2,27,29). The van der Waals surface area contributed by atoms with Crippen LogP contribution in [0.4, 0.5) is 17.8 Å². The van der Waals surface area contributed by atoms with E-state index in [9.17, 15) is 0 Å². The molecule has 1 spiro atoms. The van der Waals surface area contributed by atoms with E-state index in [4.69, 9.17) is 34.6 Å². The molecule has 36 heavy (non-hydrogen) atoms. The van der Waals surface area contributed by atoms with Crippen LogP contribution in [0, 0.1) is 0 Å². The van der Waals surface area contributed by atoms with Crippen molar-refractivity contribution >= 4 is 39.9 Å². The number of nitrogen functional groups attached to an aromatic ring is 1. The number of ether oxygens (including phenoxy) is 2. The van der Waals surface area contributed by atoms with E-state index in [1.165, 1.54) is 0 Å². The fraction of sp³-hybridized carbons (Fsp3) is 0.462. The average Bonchev–Trinajstić information content (AvgIpc) is 3.44. The second-order valence-electron chi connectivity index (χ2n) is 10.4. The molecule has 4 aliphatic rings. The van der Waals surface area contributed by atoms with Crippen molar-refractivity contribution in [2.45, 2.75) is 43.4 Å². The maximum absolute atomic E-state index is 6.06. The topological polar surface area (TPSA) is 116 Å². The molecule has 184 valence electrons. The zero-order valence-corrected chi connectivity index (χ0v) is 19.9. The quantitative estimate of drug-likeness (QED) is 0.464. The number of aromatic nitrogens is 4. The summed E-state index contributed by atoms with van der Waals surface area (Å²) in [5, 5.41) is 0.974. The zero-order chi connectivity index (χ0) is 23.9. The molecule has 1 aromatic carbocycles. The lowest BCUT2D eigenvalue weighted by atomic mass is 10.1. The Balaban J connectivity index is 1.27. The third-order valence-corrected chi connectivity index (χ3v) is 8.05. The van der Waals surface area contributed by atoms with Crippen molar-refractivity contribution in [2.75, 3.05) is 48.4 Å². The highest BCUT2D eigenvalue weighted by Crippen LogP contribution is 2.43. The number of hydrogen-bond donors (Lipinski definition) is 1. The van der Waals surface area contributed by atoms with Gasteiger partial charge >= 0.3 is 0 Å². The van der Waals surface area contributed by atoms with Gasteiger partial charge in [-0.05, 0) is 56.0 Å². The lowest BCUT2D eigenvalue weighted by Gasteiger charge is -2.37. The summed E-state index contributed by atoms with van der Waals surface area (Å²) in [6.07, 6.45) is 4.46. The van der Waals surface area contributed by atoms with E-state index in [1.807, 2.05) is 24.3 Å². The van der Waals surface area contributed by atoms with Crippen LogP contribution in [0.1, 0.15) is 25.7 Å². The Kier molecular flexibility index (Phi) is 4.31. The van der Waals surface area contributed by atoms with E-state index in [0.29, 0.717) is 35.4 Å². The van der Waals surface area contributed by atoms with Crippen molar-refractivity contribution in [2.24, 2.45) is 0 Å². The predicted molar refractivity (Wildman–Crippen MR) is 135 cm³/mol. The number of pyridine rings is 1. The van der Waals surface area contributed by atoms with Gasteiger partial charge in [0.1, 0.15) is 11.3 Å². The Hall–Kier alpha value is -3.50. The number of morpholine rings is 2. The molecule has 3 aliphatic heterocycles. The van der Waals surface area contributed by atoms with E-state index in [2.05, 4.69) is 20.9 Å². The molecule has 2 bridgehead atoms. The second kappa shape index (κ2) is 7.50. The smallest absolute Gasteiger partial charge is 0.292 e. The highest BCUT2D eigenvalue weighted by Gasteiger charge is 2.48. The number of anilines is 3. The monoisotopic (exact) mass is 485 g/mol. The number of fused-ring (bicyclic) bond motifs is 4. The lowest BCUT2D eigenvalue weighted by Crippen LogP contribution is -2.47. The first kappa shape index (κ1) is 20.7. The van der Waals surface area contributed by atoms with Gasteiger partial charge in [-0.25, -0.2) is 4.98 Å². The molecule has 2 N–H and O–H groups in total. The van der Waals surface area contributed by atoms with Crippen LogP contribution in [0.5, 0.6) is 0 Å². The van der Waals surface area contributed by atoms with Gasteiger partial charge in [0.05, 0.1) is 48.6 Å². The van der Waals surface area contributed by atoms with Crippen LogP contribution in [0.15, 0.2) is 34.7 Å². The zero-order valence-electron chi connectivity index (χ0n) is 19.9. The maximum Gasteiger partial charge on any atom is 0.292 e. The summed E-state index contributed by atoms with van der Waals surface area (Å²) in [5.74, 6) is 1.71. The molecule has 8 rings (SSSR count). The number of benzene rings is 1. The number of oxazole rings is 1. The molecule has 3 aromatic heterocycles. The first-order valence-electron chi connectivity index (χ1n) is 12.7. The van der Waals surface area contributed by atoms with Crippen molar-refractivity contribution in [3.63, 3.8) is 0 Å². The predicted octanol–water partition coefficient (Wildman–Crippen LogP) is 3.15. The average molecular weight is 486 g/mol. The molecule has 10 nitrogen and oxygen atoms in total. The Labute approximate surface area is 207 Å². The summed E-state index contributed by atoms with van der Waals surface area (Å²) in [5.41, 5.74) is 9.57. The number of rotatable bonds is 3. The molecular weight excluding hydrogens is 458 g/mol. The van der Waals surface area contributed by atoms with Gasteiger partial charge in [-0.1, -0.05) is 0 Å². The minimum Gasteiger partial charge on any atom is -0.424 e. The van der Waals surface area contributed by atoms with Crippen LogP contribution in [0.3, 0.4) is 0 Å². The Morgan fingerprint density at radius 1 is 0.972 bits per heavy atom. The van der Waals surface area contributed by atoms with E-state index < -0.39 is 0 Å². The van der Waals surface area contributed by atoms with Crippen LogP contribution in [-0.2, 0) is 9.47 Å². The summed E-state index contributed by atoms with van der Waals surface area (Å²) >= 11 is 0. The molecule has 10 heteroatoms. The first-order valence-corrected chi connectivity index (χ1v) is 12.7. The molecule has 6 heterocycles. The van der Waals surface area contributed by atoms with Crippen LogP contribution < -0.4 is 15.5 Å². The summed E-state index contributed by atoms with van der Waals surface area (Å²) in [4.78, 5) is 24.2. The second-order valence-corrected chi connectivity index (χ2v) is 10.4. The van der Waals surface area contributed by atoms with Crippen LogP contribution in [-0.4, -0.2) is 70.5 Å². The van der Waals surface area contributed by atoms with Crippen molar-refractivity contribution in [3.05, 3.63) is 30.3 Å². The lowest BCUT2D eigenvalue weighted by molar-refractivity contribution is 0.0201. The molecule has 2 atom stereocenters. The van der Waals surface area contributed by atoms with E-state index in [1.54, 1.807) is 0 Å². The maximum atomic E-state index is 6.06. The van der Waals surface area contributed by atoms with Crippen molar-refractivity contribution in [1.82, 2.24) is 19.9 Å². The molecular formula is C26H27N7O3. The Morgan fingerprint density at radius 3 is 2.67 bits per heavy atom. The first-order chi connectivity index (χ1) is 17.6. The van der Waals surface area contributed by atoms with Gasteiger partial charge in [-0.2, -0.15) is 15.0 Å². The van der Waals surface area contributed by atoms with Gasteiger partial charge in [0.2, 0.25) is 5.95 Å². The third kappa shape index (κ3) is 3.24. The van der Waals surface area contributed by atoms with E-state index in [0.717, 1.165) is 80.4 Å². The van der Waals surface area contributed by atoms with Crippen LogP contribution in [0.2, 0.25) is 0 Å². The minimum atomic E-state index is -0.0150.